The fourth-order valence-corrected chi connectivity index (χ4v) is 9.08. The Hall–Kier alpha value is 0.230. The lowest BCUT2D eigenvalue weighted by molar-refractivity contribution is 0.579. The Bertz CT molecular complexity index is 389. The van der Waals surface area contributed by atoms with Gasteiger partial charge in [0.25, 0.3) is 0 Å². The number of para-hydroxylation sites is 1. The number of hydrogen-bond acceptors (Lipinski definition) is 2. The normalized spacial score (nSPS) is 12.5. The number of hydrogen-bond donors (Lipinski definition) is 0. The van der Waals surface area contributed by atoms with E-state index in [4.69, 9.17) is 4.52 Å². The van der Waals surface area contributed by atoms with E-state index in [2.05, 4.69) is 79.7 Å². The molecule has 4 heteroatoms. The molecule has 0 heterocycles. The third-order valence-corrected chi connectivity index (χ3v) is 12.3. The van der Waals surface area contributed by atoms with Gasteiger partial charge in [0.2, 0.25) is 0 Å². The molecule has 1 aromatic carbocycles. The summed E-state index contributed by atoms with van der Waals surface area (Å²) in [7, 11) is -0.516. The quantitative estimate of drug-likeness (QED) is 0.443. The average Bonchev–Trinajstić information content (AvgIpc) is 2.41. The molecule has 0 amide bonds. The molecule has 0 aliphatic rings. The summed E-state index contributed by atoms with van der Waals surface area (Å²) in [5.74, 6) is 1.09. The first-order valence-corrected chi connectivity index (χ1v) is 12.6. The molecule has 0 fully saturated rings. The molecule has 0 aromatic heterocycles. The van der Waals surface area contributed by atoms with Crippen LogP contribution in [0.25, 0.3) is 0 Å². The maximum Gasteiger partial charge on any atom is 0.137 e. The van der Waals surface area contributed by atoms with Crippen molar-refractivity contribution in [3.05, 3.63) is 24.3 Å². The van der Waals surface area contributed by atoms with Crippen LogP contribution in [0, 0.1) is 0 Å². The zero-order valence-electron chi connectivity index (χ0n) is 15.3. The van der Waals surface area contributed by atoms with Gasteiger partial charge in [-0.3, -0.25) is 0 Å². The molecule has 0 unspecified atom stereocenters. The first kappa shape index (κ1) is 20.3. The average molecular weight is 358 g/mol. The number of rotatable bonds is 8. The Kier molecular flexibility index (Phi) is 8.76. The maximum atomic E-state index is 6.48. The lowest BCUT2D eigenvalue weighted by Crippen LogP contribution is -2.08. The van der Waals surface area contributed by atoms with Gasteiger partial charge >= 0.3 is 0 Å². The van der Waals surface area contributed by atoms with Gasteiger partial charge in [0, 0.05) is 11.3 Å². The topological polar surface area (TPSA) is 9.23 Å². The van der Waals surface area contributed by atoms with Gasteiger partial charge in [-0.1, -0.05) is 78.9 Å². The Morgan fingerprint density at radius 3 is 1.73 bits per heavy atom. The first-order chi connectivity index (χ1) is 10.2. The second-order valence-corrected chi connectivity index (χ2v) is 14.9. The predicted octanol–water partition coefficient (Wildman–Crippen LogP) is 7.58. The van der Waals surface area contributed by atoms with Crippen LogP contribution >= 0.6 is 26.7 Å². The molecule has 0 atom stereocenters. The third-order valence-electron chi connectivity index (χ3n) is 3.29. The van der Waals surface area contributed by atoms with Gasteiger partial charge in [-0.25, -0.2) is 0 Å². The van der Waals surface area contributed by atoms with E-state index in [1.807, 2.05) is 11.4 Å². The van der Waals surface area contributed by atoms with Crippen LogP contribution in [0.2, 0.25) is 0 Å². The molecule has 0 saturated heterocycles. The second kappa shape index (κ2) is 9.51. The van der Waals surface area contributed by atoms with Crippen molar-refractivity contribution in [1.82, 2.24) is 0 Å². The summed E-state index contributed by atoms with van der Waals surface area (Å²) < 4.78 is 6.48. The fourth-order valence-electron chi connectivity index (χ4n) is 2.44. The molecular formula is C18H32OP2S. The molecule has 0 aliphatic heterocycles. The van der Waals surface area contributed by atoms with Crippen molar-refractivity contribution in [3.8, 4) is 5.75 Å². The van der Waals surface area contributed by atoms with Crippen molar-refractivity contribution in [1.29, 1.82) is 0 Å². The molecule has 22 heavy (non-hydrogen) atoms. The highest BCUT2D eigenvalue weighted by atomic mass is 32.7. The molecule has 1 aromatic rings. The van der Waals surface area contributed by atoms with Crippen LogP contribution in [-0.2, 0) is 0 Å². The van der Waals surface area contributed by atoms with Crippen molar-refractivity contribution in [3.63, 3.8) is 0 Å². The van der Waals surface area contributed by atoms with E-state index in [-0.39, 0.29) is 7.12 Å². The first-order valence-electron chi connectivity index (χ1n) is 8.25. The van der Waals surface area contributed by atoms with Crippen LogP contribution in [0.3, 0.4) is 0 Å². The van der Waals surface area contributed by atoms with Crippen molar-refractivity contribution < 1.29 is 4.52 Å². The van der Waals surface area contributed by atoms with Crippen molar-refractivity contribution >= 4 is 26.7 Å². The maximum absolute atomic E-state index is 6.48. The number of benzene rings is 1. The lowest BCUT2D eigenvalue weighted by atomic mass is 10.3. The Balaban J connectivity index is 2.98. The smallest absolute Gasteiger partial charge is 0.137 e. The highest BCUT2D eigenvalue weighted by molar-refractivity contribution is 8.56. The minimum Gasteiger partial charge on any atom is -0.472 e. The van der Waals surface area contributed by atoms with Crippen LogP contribution in [0.15, 0.2) is 29.2 Å². The predicted molar refractivity (Wildman–Crippen MR) is 107 cm³/mol. The van der Waals surface area contributed by atoms with Crippen LogP contribution in [-0.4, -0.2) is 22.6 Å². The van der Waals surface area contributed by atoms with Crippen LogP contribution in [0.1, 0.15) is 55.4 Å². The summed E-state index contributed by atoms with van der Waals surface area (Å²) in [5, 5.41) is 0. The van der Waals surface area contributed by atoms with E-state index in [1.165, 1.54) is 4.90 Å². The summed E-state index contributed by atoms with van der Waals surface area (Å²) in [6.07, 6.45) is 0. The third kappa shape index (κ3) is 6.03. The Morgan fingerprint density at radius 2 is 1.27 bits per heavy atom. The van der Waals surface area contributed by atoms with Crippen molar-refractivity contribution in [2.24, 2.45) is 0 Å². The highest BCUT2D eigenvalue weighted by Gasteiger charge is 2.23. The summed E-state index contributed by atoms with van der Waals surface area (Å²) in [4.78, 5) is 1.32. The van der Waals surface area contributed by atoms with Crippen molar-refractivity contribution in [2.45, 2.75) is 82.9 Å². The minimum absolute atomic E-state index is 0.0829. The van der Waals surface area contributed by atoms with Crippen LogP contribution in [0.5, 0.6) is 5.75 Å². The molecule has 0 saturated carbocycles. The van der Waals surface area contributed by atoms with E-state index in [1.54, 1.807) is 0 Å². The van der Waals surface area contributed by atoms with Crippen molar-refractivity contribution in [2.75, 3.05) is 0 Å². The fraction of sp³-hybridized carbons (Fsp3) is 0.667. The van der Waals surface area contributed by atoms with Gasteiger partial charge in [0.15, 0.2) is 0 Å². The highest BCUT2D eigenvalue weighted by Crippen LogP contribution is 2.63. The van der Waals surface area contributed by atoms with Gasteiger partial charge in [-0.05, 0) is 30.6 Å². The van der Waals surface area contributed by atoms with Crippen LogP contribution < -0.4 is 4.52 Å². The minimum atomic E-state index is -0.433. The molecule has 0 aliphatic carbocycles. The Labute approximate surface area is 144 Å². The summed E-state index contributed by atoms with van der Waals surface area (Å²) in [5.41, 5.74) is 2.63. The zero-order valence-corrected chi connectivity index (χ0v) is 17.9. The van der Waals surface area contributed by atoms with E-state index in [0.29, 0.717) is 11.3 Å². The van der Waals surface area contributed by atoms with Gasteiger partial charge in [-0.15, -0.1) is 0 Å². The van der Waals surface area contributed by atoms with Gasteiger partial charge in [0.1, 0.15) is 5.75 Å². The van der Waals surface area contributed by atoms with E-state index in [9.17, 15) is 0 Å². The summed E-state index contributed by atoms with van der Waals surface area (Å²) in [6, 6.07) is 8.61. The van der Waals surface area contributed by atoms with Gasteiger partial charge < -0.3 is 4.52 Å². The molecule has 0 bridgehead atoms. The molecule has 0 N–H and O–H groups in total. The summed E-state index contributed by atoms with van der Waals surface area (Å²) in [6.45, 7) is 18.5. The van der Waals surface area contributed by atoms with E-state index < -0.39 is 8.15 Å². The Morgan fingerprint density at radius 1 is 0.773 bits per heavy atom. The summed E-state index contributed by atoms with van der Waals surface area (Å²) >= 11 is 2.05. The largest absolute Gasteiger partial charge is 0.472 e. The molecule has 0 spiro atoms. The lowest BCUT2D eigenvalue weighted by Gasteiger charge is -2.29. The van der Waals surface area contributed by atoms with E-state index in [0.717, 1.165) is 17.1 Å². The standard InChI is InChI=1S/C18H32OP2S/c1-13(2)20(14(3)4)19-17-11-9-10-12-18(17)22-21(15(5)6)16(7)8/h9-16H,1-8H3. The molecular weight excluding hydrogens is 326 g/mol. The zero-order chi connectivity index (χ0) is 16.9. The molecule has 126 valence electrons. The van der Waals surface area contributed by atoms with Gasteiger partial charge in [0.05, 0.1) is 13.0 Å². The SMILES string of the molecule is CC(C)P(Oc1ccccc1SP(C(C)C)C(C)C)C(C)C. The molecule has 0 radical (unpaired) electrons. The molecule has 1 rings (SSSR count). The van der Waals surface area contributed by atoms with Crippen LogP contribution in [0.4, 0.5) is 0 Å². The van der Waals surface area contributed by atoms with Gasteiger partial charge in [-0.2, -0.15) is 0 Å². The monoisotopic (exact) mass is 358 g/mol. The molecule has 1 nitrogen and oxygen atoms in total. The van der Waals surface area contributed by atoms with E-state index >= 15 is 0 Å². The second-order valence-electron chi connectivity index (χ2n) is 6.72.